The third-order valence-corrected chi connectivity index (χ3v) is 5.63. The zero-order valence-corrected chi connectivity index (χ0v) is 19.6. The Labute approximate surface area is 207 Å². The number of carbonyl (C=O) groups is 5. The van der Waals surface area contributed by atoms with Crippen LogP contribution in [-0.2, 0) is 16.1 Å². The molecule has 0 fully saturated rings. The Balaban J connectivity index is 1.33. The molecule has 4 amide bonds. The number of carbonyl (C=O) groups excluding carboxylic acids is 5. The fourth-order valence-electron chi connectivity index (χ4n) is 3.79. The lowest BCUT2D eigenvalue weighted by atomic mass is 10.1. The van der Waals surface area contributed by atoms with E-state index in [4.69, 9.17) is 4.74 Å². The largest absolute Gasteiger partial charge is 0.427 e. The van der Waals surface area contributed by atoms with Crippen molar-refractivity contribution in [2.45, 2.75) is 26.4 Å². The predicted molar refractivity (Wildman–Crippen MR) is 130 cm³/mol. The van der Waals surface area contributed by atoms with Gasteiger partial charge in [0.1, 0.15) is 11.8 Å². The first-order valence-corrected chi connectivity index (χ1v) is 11.2. The minimum atomic E-state index is -0.973. The Kier molecular flexibility index (Phi) is 6.91. The van der Waals surface area contributed by atoms with Gasteiger partial charge in [0, 0.05) is 24.7 Å². The van der Waals surface area contributed by atoms with Crippen molar-refractivity contribution in [2.24, 2.45) is 0 Å². The number of anilines is 1. The lowest BCUT2D eigenvalue weighted by Crippen LogP contribution is -2.47. The summed E-state index contributed by atoms with van der Waals surface area (Å²) < 4.78 is 5.00. The number of imide groups is 1. The zero-order chi connectivity index (χ0) is 25.8. The third kappa shape index (κ3) is 5.15. The molecule has 3 aromatic carbocycles. The molecule has 0 radical (unpaired) electrons. The number of ether oxygens (including phenoxy) is 1. The van der Waals surface area contributed by atoms with Gasteiger partial charge in [0.2, 0.25) is 5.91 Å². The lowest BCUT2D eigenvalue weighted by Gasteiger charge is -2.21. The Morgan fingerprint density at radius 3 is 2.14 bits per heavy atom. The van der Waals surface area contributed by atoms with Crippen LogP contribution in [0.4, 0.5) is 5.69 Å². The van der Waals surface area contributed by atoms with Crippen molar-refractivity contribution in [1.82, 2.24) is 10.2 Å². The Bertz CT molecular complexity index is 1330. The first-order valence-electron chi connectivity index (χ1n) is 11.2. The molecule has 4 rings (SSSR count). The van der Waals surface area contributed by atoms with Crippen LogP contribution in [0.1, 0.15) is 50.5 Å². The van der Waals surface area contributed by atoms with Crippen molar-refractivity contribution < 1.29 is 28.7 Å². The molecule has 36 heavy (non-hydrogen) atoms. The molecule has 1 heterocycles. The zero-order valence-electron chi connectivity index (χ0n) is 19.6. The number of nitrogens with one attached hydrogen (secondary N) is 2. The molecule has 0 spiro atoms. The molecule has 0 saturated carbocycles. The van der Waals surface area contributed by atoms with Gasteiger partial charge in [0.25, 0.3) is 17.7 Å². The van der Waals surface area contributed by atoms with Gasteiger partial charge in [0.15, 0.2) is 0 Å². The van der Waals surface area contributed by atoms with Crippen LogP contribution >= 0.6 is 0 Å². The molecular weight excluding hydrogens is 462 g/mol. The fraction of sp³-hybridized carbons (Fsp3) is 0.148. The fourth-order valence-corrected chi connectivity index (χ4v) is 3.79. The molecular formula is C27H23N3O6. The summed E-state index contributed by atoms with van der Waals surface area (Å²) in [7, 11) is 0. The summed E-state index contributed by atoms with van der Waals surface area (Å²) in [6.45, 7) is 2.96. The van der Waals surface area contributed by atoms with Gasteiger partial charge in [-0.25, -0.2) is 0 Å². The second-order valence-corrected chi connectivity index (χ2v) is 8.19. The van der Waals surface area contributed by atoms with Crippen molar-refractivity contribution in [3.05, 3.63) is 95.1 Å². The standard InChI is InChI=1S/C27H23N3O6/c1-16(30-26(34)22-8-3-4-9-23(22)27(30)35)24(32)28-15-18-10-12-20(13-11-18)29-25(33)19-6-5-7-21(14-19)36-17(2)31/h3-14,16H,15H2,1-2H3,(H,28,32)(H,29,33). The topological polar surface area (TPSA) is 122 Å². The van der Waals surface area contributed by atoms with E-state index in [1.165, 1.54) is 19.9 Å². The third-order valence-electron chi connectivity index (χ3n) is 5.63. The average Bonchev–Trinajstić information content (AvgIpc) is 3.12. The number of amides is 4. The summed E-state index contributed by atoms with van der Waals surface area (Å²) in [6.07, 6.45) is 0. The SMILES string of the molecule is CC(=O)Oc1cccc(C(=O)Nc2ccc(CNC(=O)C(C)N3C(=O)c4ccccc4C3=O)cc2)c1. The van der Waals surface area contributed by atoms with Crippen LogP contribution < -0.4 is 15.4 Å². The molecule has 3 aromatic rings. The lowest BCUT2D eigenvalue weighted by molar-refractivity contribution is -0.132. The summed E-state index contributed by atoms with van der Waals surface area (Å²) in [5.74, 6) is -2.02. The first-order chi connectivity index (χ1) is 17.2. The molecule has 1 atom stereocenters. The summed E-state index contributed by atoms with van der Waals surface area (Å²) in [5, 5.41) is 5.49. The van der Waals surface area contributed by atoms with Crippen LogP contribution in [0.3, 0.4) is 0 Å². The molecule has 1 aliphatic rings. The van der Waals surface area contributed by atoms with E-state index < -0.39 is 29.7 Å². The van der Waals surface area contributed by atoms with Crippen LogP contribution in [0.25, 0.3) is 0 Å². The van der Waals surface area contributed by atoms with Gasteiger partial charge in [0.05, 0.1) is 11.1 Å². The van der Waals surface area contributed by atoms with Gasteiger partial charge in [-0.05, 0) is 55.0 Å². The molecule has 1 aliphatic heterocycles. The Morgan fingerprint density at radius 2 is 1.53 bits per heavy atom. The highest BCUT2D eigenvalue weighted by Gasteiger charge is 2.40. The van der Waals surface area contributed by atoms with Gasteiger partial charge in [-0.2, -0.15) is 0 Å². The van der Waals surface area contributed by atoms with Crippen LogP contribution in [0, 0.1) is 0 Å². The van der Waals surface area contributed by atoms with Crippen molar-refractivity contribution in [2.75, 3.05) is 5.32 Å². The summed E-state index contributed by atoms with van der Waals surface area (Å²) >= 11 is 0. The highest BCUT2D eigenvalue weighted by molar-refractivity contribution is 6.22. The monoisotopic (exact) mass is 485 g/mol. The van der Waals surface area contributed by atoms with E-state index in [1.807, 2.05) is 0 Å². The molecule has 2 N–H and O–H groups in total. The smallest absolute Gasteiger partial charge is 0.308 e. The minimum Gasteiger partial charge on any atom is -0.427 e. The van der Waals surface area contributed by atoms with E-state index in [2.05, 4.69) is 10.6 Å². The summed E-state index contributed by atoms with van der Waals surface area (Å²) in [4.78, 5) is 62.4. The van der Waals surface area contributed by atoms with Gasteiger partial charge in [-0.1, -0.05) is 30.3 Å². The number of hydrogen-bond acceptors (Lipinski definition) is 6. The Morgan fingerprint density at radius 1 is 0.889 bits per heavy atom. The van der Waals surface area contributed by atoms with Crippen molar-refractivity contribution in [1.29, 1.82) is 0 Å². The van der Waals surface area contributed by atoms with Crippen LogP contribution in [0.2, 0.25) is 0 Å². The number of benzene rings is 3. The van der Waals surface area contributed by atoms with Crippen molar-refractivity contribution in [3.8, 4) is 5.75 Å². The van der Waals surface area contributed by atoms with Gasteiger partial charge in [-0.15, -0.1) is 0 Å². The molecule has 9 heteroatoms. The highest BCUT2D eigenvalue weighted by Crippen LogP contribution is 2.24. The van der Waals surface area contributed by atoms with Gasteiger partial charge in [-0.3, -0.25) is 28.9 Å². The maximum atomic E-state index is 12.7. The summed E-state index contributed by atoms with van der Waals surface area (Å²) in [5.41, 5.74) is 2.20. The van der Waals surface area contributed by atoms with Crippen LogP contribution in [-0.4, -0.2) is 40.5 Å². The predicted octanol–water partition coefficient (Wildman–Crippen LogP) is 3.17. The quantitative estimate of drug-likeness (QED) is 0.301. The van der Waals surface area contributed by atoms with E-state index in [1.54, 1.807) is 66.7 Å². The van der Waals surface area contributed by atoms with Gasteiger partial charge < -0.3 is 15.4 Å². The average molecular weight is 485 g/mol. The molecule has 0 aliphatic carbocycles. The molecule has 0 saturated heterocycles. The minimum absolute atomic E-state index is 0.172. The van der Waals surface area contributed by atoms with E-state index in [0.717, 1.165) is 10.5 Å². The van der Waals surface area contributed by atoms with Crippen molar-refractivity contribution in [3.63, 3.8) is 0 Å². The molecule has 182 valence electrons. The van der Waals surface area contributed by atoms with E-state index in [9.17, 15) is 24.0 Å². The van der Waals surface area contributed by atoms with Crippen LogP contribution in [0.5, 0.6) is 5.75 Å². The van der Waals surface area contributed by atoms with Crippen LogP contribution in [0.15, 0.2) is 72.8 Å². The number of esters is 1. The second-order valence-electron chi connectivity index (χ2n) is 8.19. The summed E-state index contributed by atoms with van der Waals surface area (Å²) in [6, 6.07) is 18.6. The molecule has 9 nitrogen and oxygen atoms in total. The number of nitrogens with zero attached hydrogens (tertiary/aromatic N) is 1. The van der Waals surface area contributed by atoms with E-state index in [0.29, 0.717) is 11.3 Å². The van der Waals surface area contributed by atoms with E-state index in [-0.39, 0.29) is 29.3 Å². The maximum Gasteiger partial charge on any atom is 0.308 e. The second kappa shape index (κ2) is 10.2. The first kappa shape index (κ1) is 24.3. The van der Waals surface area contributed by atoms with E-state index >= 15 is 0 Å². The molecule has 0 aromatic heterocycles. The van der Waals surface area contributed by atoms with Crippen molar-refractivity contribution >= 4 is 35.3 Å². The number of hydrogen-bond donors (Lipinski definition) is 2. The normalized spacial score (nSPS) is 13.1. The Hall–Kier alpha value is -4.79. The number of rotatable bonds is 7. The highest BCUT2D eigenvalue weighted by atomic mass is 16.5. The van der Waals surface area contributed by atoms with Gasteiger partial charge >= 0.3 is 5.97 Å². The molecule has 0 bridgehead atoms. The number of fused-ring (bicyclic) bond motifs is 1. The maximum absolute atomic E-state index is 12.7. The molecule has 1 unspecified atom stereocenters.